The van der Waals surface area contributed by atoms with Crippen LogP contribution in [0.3, 0.4) is 0 Å². The van der Waals surface area contributed by atoms with Crippen LogP contribution < -0.4 is 5.32 Å². The number of carbonyl (C=O) groups excluding carboxylic acids is 1. The minimum absolute atomic E-state index is 0.194. The van der Waals surface area contributed by atoms with E-state index in [9.17, 15) is 14.7 Å². The molecule has 1 aliphatic heterocycles. The first-order valence-corrected chi connectivity index (χ1v) is 7.30. The van der Waals surface area contributed by atoms with Gasteiger partial charge in [0.1, 0.15) is 6.04 Å². The van der Waals surface area contributed by atoms with Gasteiger partial charge in [-0.3, -0.25) is 0 Å². The molecule has 0 aromatic carbocycles. The highest BCUT2D eigenvalue weighted by Crippen LogP contribution is 2.33. The van der Waals surface area contributed by atoms with Crippen LogP contribution in [0.25, 0.3) is 0 Å². The number of nitrogens with one attached hydrogen (secondary N) is 1. The molecule has 0 spiro atoms. The van der Waals surface area contributed by atoms with Crippen LogP contribution in [-0.2, 0) is 4.79 Å². The summed E-state index contributed by atoms with van der Waals surface area (Å²) in [5.41, 5.74) is 0. The van der Waals surface area contributed by atoms with Crippen LogP contribution >= 0.6 is 0 Å². The molecule has 2 N–H and O–H groups in total. The SMILES string of the molecule is C[C@@H]1CCC[C@H](C)N1C(=O)N[C@@H](CC1CC1)C(=O)O. The van der Waals surface area contributed by atoms with Crippen molar-refractivity contribution in [3.8, 4) is 0 Å². The smallest absolute Gasteiger partial charge is 0.326 e. The first kappa shape index (κ1) is 14.2. The summed E-state index contributed by atoms with van der Waals surface area (Å²) in [7, 11) is 0. The van der Waals surface area contributed by atoms with Gasteiger partial charge >= 0.3 is 12.0 Å². The summed E-state index contributed by atoms with van der Waals surface area (Å²) >= 11 is 0. The molecule has 3 atom stereocenters. The van der Waals surface area contributed by atoms with Crippen LogP contribution in [0.2, 0.25) is 0 Å². The number of rotatable bonds is 4. The lowest BCUT2D eigenvalue weighted by atomic mass is 9.98. The van der Waals surface area contributed by atoms with Gasteiger partial charge in [-0.1, -0.05) is 12.8 Å². The van der Waals surface area contributed by atoms with E-state index in [1.165, 1.54) is 0 Å². The maximum atomic E-state index is 12.3. The Kier molecular flexibility index (Phi) is 4.32. The van der Waals surface area contributed by atoms with E-state index in [2.05, 4.69) is 5.32 Å². The minimum atomic E-state index is -0.919. The number of nitrogens with zero attached hydrogens (tertiary/aromatic N) is 1. The number of carboxylic acid groups (broad SMARTS) is 1. The lowest BCUT2D eigenvalue weighted by molar-refractivity contribution is -0.139. The van der Waals surface area contributed by atoms with Gasteiger partial charge in [-0.15, -0.1) is 0 Å². The third kappa shape index (κ3) is 3.61. The Hall–Kier alpha value is -1.26. The van der Waals surface area contributed by atoms with Gasteiger partial charge in [-0.2, -0.15) is 0 Å². The summed E-state index contributed by atoms with van der Waals surface area (Å²) < 4.78 is 0. The Morgan fingerprint density at radius 1 is 1.21 bits per heavy atom. The van der Waals surface area contributed by atoms with E-state index < -0.39 is 12.0 Å². The van der Waals surface area contributed by atoms with E-state index in [4.69, 9.17) is 0 Å². The second kappa shape index (κ2) is 5.80. The second-order valence-electron chi connectivity index (χ2n) is 6.06. The number of hydrogen-bond acceptors (Lipinski definition) is 2. The fraction of sp³-hybridized carbons (Fsp3) is 0.857. The molecule has 108 valence electrons. The zero-order valence-corrected chi connectivity index (χ0v) is 11.8. The van der Waals surface area contributed by atoms with Gasteiger partial charge in [-0.05, 0) is 45.4 Å². The molecule has 1 aliphatic carbocycles. The molecule has 5 heteroatoms. The Morgan fingerprint density at radius 2 is 1.79 bits per heavy atom. The maximum absolute atomic E-state index is 12.3. The molecule has 0 aromatic heterocycles. The van der Waals surface area contributed by atoms with Crippen molar-refractivity contribution in [3.05, 3.63) is 0 Å². The molecule has 0 radical (unpaired) electrons. The van der Waals surface area contributed by atoms with Crippen molar-refractivity contribution in [3.63, 3.8) is 0 Å². The van der Waals surface area contributed by atoms with E-state index in [1.54, 1.807) is 0 Å². The largest absolute Gasteiger partial charge is 0.480 e. The van der Waals surface area contributed by atoms with Crippen LogP contribution in [-0.4, -0.2) is 40.1 Å². The van der Waals surface area contributed by atoms with Gasteiger partial charge in [0.25, 0.3) is 0 Å². The Balaban J connectivity index is 1.94. The van der Waals surface area contributed by atoms with Gasteiger partial charge in [-0.25, -0.2) is 9.59 Å². The summed E-state index contributed by atoms with van der Waals surface area (Å²) in [5, 5.41) is 11.9. The van der Waals surface area contributed by atoms with Crippen molar-refractivity contribution in [1.29, 1.82) is 0 Å². The average Bonchev–Trinajstić information content (AvgIpc) is 3.11. The number of amides is 2. The fourth-order valence-electron chi connectivity index (χ4n) is 2.95. The standard InChI is InChI=1S/C14H24N2O3/c1-9-4-3-5-10(2)16(9)14(19)15-12(13(17)18)8-11-6-7-11/h9-12H,3-8H2,1-2H3,(H,15,19)(H,17,18)/t9-,10+,12-/m0/s1. The zero-order chi connectivity index (χ0) is 14.0. The van der Waals surface area contributed by atoms with Gasteiger partial charge in [0.05, 0.1) is 0 Å². The number of carbonyl (C=O) groups is 2. The first-order chi connectivity index (χ1) is 8.99. The molecular weight excluding hydrogens is 244 g/mol. The number of piperidine rings is 1. The third-order valence-corrected chi connectivity index (χ3v) is 4.29. The lowest BCUT2D eigenvalue weighted by Gasteiger charge is -2.39. The van der Waals surface area contributed by atoms with Crippen LogP contribution in [0.5, 0.6) is 0 Å². The molecule has 1 saturated carbocycles. The first-order valence-electron chi connectivity index (χ1n) is 7.30. The van der Waals surface area contributed by atoms with Gasteiger partial charge in [0.2, 0.25) is 0 Å². The van der Waals surface area contributed by atoms with E-state index in [0.29, 0.717) is 12.3 Å². The minimum Gasteiger partial charge on any atom is -0.480 e. The maximum Gasteiger partial charge on any atom is 0.326 e. The topological polar surface area (TPSA) is 69.6 Å². The molecular formula is C14H24N2O3. The number of carboxylic acids is 1. The van der Waals surface area contributed by atoms with E-state index in [-0.39, 0.29) is 18.1 Å². The molecule has 2 aliphatic rings. The second-order valence-corrected chi connectivity index (χ2v) is 6.06. The Bertz CT molecular complexity index is 345. The van der Waals surface area contributed by atoms with Crippen LogP contribution in [0.15, 0.2) is 0 Å². The van der Waals surface area contributed by atoms with Crippen molar-refractivity contribution < 1.29 is 14.7 Å². The summed E-state index contributed by atoms with van der Waals surface area (Å²) in [6, 6.07) is -0.563. The Morgan fingerprint density at radius 3 is 2.26 bits per heavy atom. The number of likely N-dealkylation sites (tertiary alicyclic amines) is 1. The highest BCUT2D eigenvalue weighted by molar-refractivity contribution is 5.83. The number of urea groups is 1. The van der Waals surface area contributed by atoms with Gasteiger partial charge < -0.3 is 15.3 Å². The average molecular weight is 268 g/mol. The molecule has 0 bridgehead atoms. The third-order valence-electron chi connectivity index (χ3n) is 4.29. The highest BCUT2D eigenvalue weighted by Gasteiger charge is 2.34. The number of hydrogen-bond donors (Lipinski definition) is 2. The molecule has 1 saturated heterocycles. The predicted octanol–water partition coefficient (Wildman–Crippen LogP) is 2.21. The molecule has 2 amide bonds. The van der Waals surface area contributed by atoms with Crippen molar-refractivity contribution in [2.75, 3.05) is 0 Å². The zero-order valence-electron chi connectivity index (χ0n) is 11.8. The molecule has 5 nitrogen and oxygen atoms in total. The predicted molar refractivity (Wildman–Crippen MR) is 71.9 cm³/mol. The molecule has 0 unspecified atom stereocenters. The molecule has 19 heavy (non-hydrogen) atoms. The summed E-state index contributed by atoms with van der Waals surface area (Å²) in [4.78, 5) is 25.3. The summed E-state index contributed by atoms with van der Waals surface area (Å²) in [6.07, 6.45) is 5.89. The summed E-state index contributed by atoms with van der Waals surface area (Å²) in [6.45, 7) is 4.07. The van der Waals surface area contributed by atoms with Crippen LogP contribution in [0.1, 0.15) is 52.4 Å². The lowest BCUT2D eigenvalue weighted by Crippen LogP contribution is -2.55. The summed E-state index contributed by atoms with van der Waals surface area (Å²) in [5.74, 6) is -0.435. The van der Waals surface area contributed by atoms with E-state index in [1.807, 2.05) is 18.7 Å². The molecule has 2 rings (SSSR count). The Labute approximate surface area is 114 Å². The van der Waals surface area contributed by atoms with Crippen LogP contribution in [0.4, 0.5) is 4.79 Å². The van der Waals surface area contributed by atoms with E-state index in [0.717, 1.165) is 32.1 Å². The molecule has 0 aromatic rings. The fourth-order valence-corrected chi connectivity index (χ4v) is 2.95. The highest BCUT2D eigenvalue weighted by atomic mass is 16.4. The molecule has 2 fully saturated rings. The monoisotopic (exact) mass is 268 g/mol. The quantitative estimate of drug-likeness (QED) is 0.821. The van der Waals surface area contributed by atoms with Gasteiger partial charge in [0, 0.05) is 12.1 Å². The van der Waals surface area contributed by atoms with Crippen molar-refractivity contribution >= 4 is 12.0 Å². The van der Waals surface area contributed by atoms with Crippen molar-refractivity contribution in [1.82, 2.24) is 10.2 Å². The van der Waals surface area contributed by atoms with Crippen molar-refractivity contribution in [2.24, 2.45) is 5.92 Å². The molecule has 1 heterocycles. The number of aliphatic carboxylic acids is 1. The van der Waals surface area contributed by atoms with Crippen molar-refractivity contribution in [2.45, 2.75) is 70.5 Å². The van der Waals surface area contributed by atoms with Crippen LogP contribution in [0, 0.1) is 5.92 Å². The van der Waals surface area contributed by atoms with Gasteiger partial charge in [0.15, 0.2) is 0 Å². The van der Waals surface area contributed by atoms with E-state index >= 15 is 0 Å². The normalized spacial score (nSPS) is 28.8.